The quantitative estimate of drug-likeness (QED) is 0.363. The summed E-state index contributed by atoms with van der Waals surface area (Å²) in [5, 5.41) is 12.5. The molecule has 51 valence electrons. The molecule has 0 atom stereocenters. The molecular weight excluding hydrogens is 156 g/mol. The fourth-order valence-corrected chi connectivity index (χ4v) is 0.901. The van der Waals surface area contributed by atoms with Gasteiger partial charge in [-0.1, -0.05) is 5.11 Å². The van der Waals surface area contributed by atoms with E-state index in [2.05, 4.69) is 10.1 Å². The van der Waals surface area contributed by atoms with Gasteiger partial charge in [-0.05, 0) is 16.9 Å². The van der Waals surface area contributed by atoms with Gasteiger partial charge in [0.05, 0.1) is 4.92 Å². The molecule has 0 aromatic carbocycles. The molecule has 0 unspecified atom stereocenters. The molecule has 1 radical (unpaired) electrons. The molecule has 0 aliphatic carbocycles. The highest BCUT2D eigenvalue weighted by atomic mass is 32.1. The molecule has 0 bridgehead atoms. The molecular formula is C3HN4O2S. The van der Waals surface area contributed by atoms with Crippen LogP contribution < -0.4 is 5.53 Å². The summed E-state index contributed by atoms with van der Waals surface area (Å²) in [5.74, 6) is 0. The lowest BCUT2D eigenvalue weighted by Gasteiger charge is -1.76. The zero-order valence-corrected chi connectivity index (χ0v) is 5.41. The van der Waals surface area contributed by atoms with Crippen molar-refractivity contribution < 1.29 is 4.92 Å². The maximum Gasteiger partial charge on any atom is 0.345 e. The second kappa shape index (κ2) is 2.48. The topological polar surface area (TPSA) is 90.7 Å². The Labute approximate surface area is 59.2 Å². The lowest BCUT2D eigenvalue weighted by molar-refractivity contribution is -0.380. The van der Waals surface area contributed by atoms with Crippen LogP contribution in [0.2, 0.25) is 0 Å². The predicted octanol–water partition coefficient (Wildman–Crippen LogP) is 0.935. The van der Waals surface area contributed by atoms with Crippen molar-refractivity contribution in [3.05, 3.63) is 16.3 Å². The molecule has 10 heavy (non-hydrogen) atoms. The minimum absolute atomic E-state index is 0.00769. The summed E-state index contributed by atoms with van der Waals surface area (Å²) in [5.41, 5.74) is 8.08. The van der Waals surface area contributed by atoms with Crippen LogP contribution in [0.4, 0.5) is 10.1 Å². The van der Waals surface area contributed by atoms with Crippen molar-refractivity contribution in [2.45, 2.75) is 0 Å². The Kier molecular flexibility index (Phi) is 1.67. The smallest absolute Gasteiger partial charge is 0.257 e. The highest BCUT2D eigenvalue weighted by Gasteiger charge is 2.09. The summed E-state index contributed by atoms with van der Waals surface area (Å²) in [7, 11) is 0. The number of nitro groups is 1. The van der Waals surface area contributed by atoms with Gasteiger partial charge in [0.1, 0.15) is 6.20 Å². The lowest BCUT2D eigenvalue weighted by atomic mass is 10.9. The van der Waals surface area contributed by atoms with Gasteiger partial charge in [-0.25, -0.2) is 4.98 Å². The van der Waals surface area contributed by atoms with Crippen molar-refractivity contribution in [3.63, 3.8) is 0 Å². The van der Waals surface area contributed by atoms with Gasteiger partial charge < -0.3 is 0 Å². The van der Waals surface area contributed by atoms with Crippen molar-refractivity contribution >= 4 is 21.5 Å². The fraction of sp³-hybridized carbons (Fsp3) is 0. The number of thiazole rings is 1. The molecule has 0 aliphatic heterocycles. The molecule has 0 fully saturated rings. The zero-order valence-electron chi connectivity index (χ0n) is 4.59. The Morgan fingerprint density at radius 2 is 2.60 bits per heavy atom. The number of aromatic nitrogens is 1. The van der Waals surface area contributed by atoms with Crippen LogP contribution in [0.25, 0.3) is 0 Å². The Hall–Kier alpha value is -1.37. The van der Waals surface area contributed by atoms with Gasteiger partial charge in [-0.2, -0.15) is 0 Å². The highest BCUT2D eigenvalue weighted by molar-refractivity contribution is 7.18. The van der Waals surface area contributed by atoms with E-state index in [9.17, 15) is 10.1 Å². The molecule has 1 heterocycles. The molecule has 0 N–H and O–H groups in total. The second-order valence-corrected chi connectivity index (χ2v) is 2.33. The van der Waals surface area contributed by atoms with Gasteiger partial charge in [0, 0.05) is 0 Å². The maximum atomic E-state index is 9.98. The van der Waals surface area contributed by atoms with Gasteiger partial charge in [0.2, 0.25) is 5.13 Å². The monoisotopic (exact) mass is 157 g/mol. The van der Waals surface area contributed by atoms with Gasteiger partial charge in [-0.15, -0.1) is 0 Å². The van der Waals surface area contributed by atoms with Crippen LogP contribution in [0.1, 0.15) is 0 Å². The summed E-state index contributed by atoms with van der Waals surface area (Å²) >= 11 is 0.714. The third-order valence-electron chi connectivity index (χ3n) is 0.747. The van der Waals surface area contributed by atoms with E-state index < -0.39 is 4.92 Å². The van der Waals surface area contributed by atoms with Crippen molar-refractivity contribution in [1.29, 1.82) is 0 Å². The van der Waals surface area contributed by atoms with E-state index in [0.717, 1.165) is 6.20 Å². The zero-order chi connectivity index (χ0) is 7.56. The van der Waals surface area contributed by atoms with Crippen LogP contribution in [-0.2, 0) is 0 Å². The van der Waals surface area contributed by atoms with Gasteiger partial charge in [0.15, 0.2) is 0 Å². The molecule has 0 aliphatic rings. The SMILES string of the molecule is [N]=Nc1ncc([N+](=O)[O-])s1. The van der Waals surface area contributed by atoms with E-state index in [0.29, 0.717) is 11.3 Å². The Bertz CT molecular complexity index is 269. The first-order valence-corrected chi connectivity index (χ1v) is 3.01. The van der Waals surface area contributed by atoms with Crippen molar-refractivity contribution in [1.82, 2.24) is 10.5 Å². The highest BCUT2D eigenvalue weighted by Crippen LogP contribution is 2.26. The minimum atomic E-state index is -0.591. The van der Waals surface area contributed by atoms with Gasteiger partial charge in [-0.3, -0.25) is 10.1 Å². The van der Waals surface area contributed by atoms with E-state index in [1.54, 1.807) is 0 Å². The van der Waals surface area contributed by atoms with E-state index in [1.807, 2.05) is 0 Å². The van der Waals surface area contributed by atoms with Crippen LogP contribution in [-0.4, -0.2) is 9.91 Å². The van der Waals surface area contributed by atoms with Crippen LogP contribution in [0.15, 0.2) is 11.3 Å². The van der Waals surface area contributed by atoms with Gasteiger partial charge >= 0.3 is 5.00 Å². The van der Waals surface area contributed by atoms with Crippen molar-refractivity contribution in [2.75, 3.05) is 0 Å². The number of nitrogens with zero attached hydrogens (tertiary/aromatic N) is 4. The van der Waals surface area contributed by atoms with Crippen molar-refractivity contribution in [2.24, 2.45) is 5.11 Å². The standard InChI is InChI=1S/C3HN4O2S/c4-6-3-5-1-2(10-3)7(8)9/h1H. The lowest BCUT2D eigenvalue weighted by Crippen LogP contribution is -1.80. The van der Waals surface area contributed by atoms with E-state index in [-0.39, 0.29) is 10.1 Å². The molecule has 0 spiro atoms. The summed E-state index contributed by atoms with van der Waals surface area (Å²) in [4.78, 5) is 12.8. The molecule has 1 aromatic rings. The molecule has 0 amide bonds. The molecule has 6 nitrogen and oxygen atoms in total. The average molecular weight is 157 g/mol. The van der Waals surface area contributed by atoms with Crippen LogP contribution in [0, 0.1) is 10.1 Å². The van der Waals surface area contributed by atoms with E-state index in [4.69, 9.17) is 5.53 Å². The molecule has 0 saturated carbocycles. The molecule has 1 aromatic heterocycles. The fourth-order valence-electron chi connectivity index (χ4n) is 0.387. The van der Waals surface area contributed by atoms with Crippen molar-refractivity contribution in [3.8, 4) is 0 Å². The van der Waals surface area contributed by atoms with Crippen LogP contribution >= 0.6 is 11.3 Å². The van der Waals surface area contributed by atoms with Gasteiger partial charge in [0.25, 0.3) is 0 Å². The number of hydrogen-bond acceptors (Lipinski definition) is 5. The third-order valence-corrected chi connectivity index (χ3v) is 1.58. The summed E-state index contributed by atoms with van der Waals surface area (Å²) in [6, 6.07) is 0. The normalized spacial score (nSPS) is 9.20. The third kappa shape index (κ3) is 1.13. The van der Waals surface area contributed by atoms with E-state index in [1.165, 1.54) is 0 Å². The first-order chi connectivity index (χ1) is 4.74. The first-order valence-electron chi connectivity index (χ1n) is 2.19. The largest absolute Gasteiger partial charge is 0.345 e. The Morgan fingerprint density at radius 1 is 1.90 bits per heavy atom. The Balaban J connectivity index is 2.98. The van der Waals surface area contributed by atoms with E-state index >= 15 is 0 Å². The average Bonchev–Trinajstić information content (AvgIpc) is 2.34. The Morgan fingerprint density at radius 3 is 2.90 bits per heavy atom. The molecule has 0 saturated heterocycles. The maximum absolute atomic E-state index is 9.98. The molecule has 1 rings (SSSR count). The summed E-state index contributed by atoms with van der Waals surface area (Å²) in [6.45, 7) is 0. The number of hydrogen-bond donors (Lipinski definition) is 0. The van der Waals surface area contributed by atoms with Crippen LogP contribution in [0.3, 0.4) is 0 Å². The minimum Gasteiger partial charge on any atom is -0.257 e. The predicted molar refractivity (Wildman–Crippen MR) is 33.0 cm³/mol. The first kappa shape index (κ1) is 6.75. The van der Waals surface area contributed by atoms with Crippen LogP contribution in [0.5, 0.6) is 0 Å². The summed E-state index contributed by atoms with van der Waals surface area (Å²) < 4.78 is 0. The second-order valence-electron chi connectivity index (χ2n) is 1.34. The summed E-state index contributed by atoms with van der Waals surface area (Å²) in [6.07, 6.45) is 1.04. The molecule has 7 heteroatoms. The number of rotatable bonds is 2.